The Morgan fingerprint density at radius 3 is 2.39 bits per heavy atom. The first-order valence-corrected chi connectivity index (χ1v) is 11.3. The zero-order valence-electron chi connectivity index (χ0n) is 17.9. The topological polar surface area (TPSA) is 21.3 Å². The van der Waals surface area contributed by atoms with Crippen LogP contribution < -0.4 is 10.1 Å². The molecule has 1 N–H and O–H groups in total. The molecule has 0 saturated heterocycles. The Kier molecular flexibility index (Phi) is 7.24. The molecule has 4 aromatic rings. The fourth-order valence-electron chi connectivity index (χ4n) is 3.99. The summed E-state index contributed by atoms with van der Waals surface area (Å²) in [5.41, 5.74) is 3.50. The lowest BCUT2D eigenvalue weighted by Gasteiger charge is -2.21. The summed E-state index contributed by atoms with van der Waals surface area (Å²) in [4.78, 5) is 0. The summed E-state index contributed by atoms with van der Waals surface area (Å²) in [7, 11) is 0. The minimum atomic E-state index is 0.307. The lowest BCUT2D eigenvalue weighted by atomic mass is 10.00. The van der Waals surface area contributed by atoms with Crippen molar-refractivity contribution in [2.45, 2.75) is 39.0 Å². The molecule has 0 bridgehead atoms. The highest BCUT2D eigenvalue weighted by atomic mass is 35.5. The maximum atomic E-state index is 6.34. The number of rotatable bonds is 9. The fourth-order valence-corrected chi connectivity index (χ4v) is 4.18. The SMILES string of the molecule is CCCC(NCc1c(OCc2ccccc2Cl)ccc2ccccc12)c1ccccc1. The number of hydrogen-bond donors (Lipinski definition) is 1. The van der Waals surface area contributed by atoms with Crippen molar-refractivity contribution in [1.82, 2.24) is 5.32 Å². The summed E-state index contributed by atoms with van der Waals surface area (Å²) in [6.45, 7) is 3.41. The van der Waals surface area contributed by atoms with E-state index >= 15 is 0 Å². The van der Waals surface area contributed by atoms with Crippen LogP contribution in [0.3, 0.4) is 0 Å². The van der Waals surface area contributed by atoms with Crippen molar-refractivity contribution in [2.24, 2.45) is 0 Å². The van der Waals surface area contributed by atoms with Crippen LogP contribution in [0.25, 0.3) is 10.8 Å². The molecule has 0 aromatic heterocycles. The van der Waals surface area contributed by atoms with Gasteiger partial charge in [0.1, 0.15) is 12.4 Å². The van der Waals surface area contributed by atoms with E-state index in [1.807, 2.05) is 24.3 Å². The largest absolute Gasteiger partial charge is 0.488 e. The Bertz CT molecular complexity index is 1130. The van der Waals surface area contributed by atoms with Gasteiger partial charge in [0, 0.05) is 28.7 Å². The molecule has 0 radical (unpaired) electrons. The molecule has 0 aliphatic carbocycles. The molecule has 0 spiro atoms. The number of ether oxygens (including phenoxy) is 1. The molecule has 0 saturated carbocycles. The van der Waals surface area contributed by atoms with E-state index in [4.69, 9.17) is 16.3 Å². The van der Waals surface area contributed by atoms with Gasteiger partial charge in [0.05, 0.1) is 0 Å². The molecule has 0 aliphatic heterocycles. The zero-order valence-corrected chi connectivity index (χ0v) is 18.6. The molecule has 0 heterocycles. The maximum Gasteiger partial charge on any atom is 0.124 e. The molecule has 0 amide bonds. The highest BCUT2D eigenvalue weighted by molar-refractivity contribution is 6.31. The second-order valence-electron chi connectivity index (χ2n) is 7.78. The second kappa shape index (κ2) is 10.5. The van der Waals surface area contributed by atoms with Crippen LogP contribution in [0.2, 0.25) is 5.02 Å². The van der Waals surface area contributed by atoms with Crippen molar-refractivity contribution in [1.29, 1.82) is 0 Å². The Hall–Kier alpha value is -2.81. The van der Waals surface area contributed by atoms with Gasteiger partial charge in [-0.1, -0.05) is 104 Å². The summed E-state index contributed by atoms with van der Waals surface area (Å²) in [5, 5.41) is 6.96. The summed E-state index contributed by atoms with van der Waals surface area (Å²) < 4.78 is 6.29. The van der Waals surface area contributed by atoms with Crippen LogP contribution >= 0.6 is 11.6 Å². The molecule has 4 rings (SSSR count). The van der Waals surface area contributed by atoms with E-state index in [1.54, 1.807) is 0 Å². The highest BCUT2D eigenvalue weighted by Crippen LogP contribution is 2.30. The highest BCUT2D eigenvalue weighted by Gasteiger charge is 2.14. The van der Waals surface area contributed by atoms with Crippen molar-refractivity contribution in [3.63, 3.8) is 0 Å². The first-order chi connectivity index (χ1) is 15.3. The molecule has 0 aliphatic rings. The van der Waals surface area contributed by atoms with E-state index < -0.39 is 0 Å². The third kappa shape index (κ3) is 5.28. The molecular weight excluding hydrogens is 402 g/mol. The van der Waals surface area contributed by atoms with Gasteiger partial charge >= 0.3 is 0 Å². The number of nitrogens with one attached hydrogen (secondary N) is 1. The monoisotopic (exact) mass is 429 g/mol. The van der Waals surface area contributed by atoms with E-state index in [0.717, 1.165) is 35.7 Å². The first-order valence-electron chi connectivity index (χ1n) is 10.9. The van der Waals surface area contributed by atoms with Crippen LogP contribution in [0.4, 0.5) is 0 Å². The van der Waals surface area contributed by atoms with Crippen LogP contribution in [0.1, 0.15) is 42.5 Å². The van der Waals surface area contributed by atoms with Crippen LogP contribution in [0.5, 0.6) is 5.75 Å². The number of halogens is 1. The van der Waals surface area contributed by atoms with Crippen molar-refractivity contribution in [2.75, 3.05) is 0 Å². The molecule has 1 atom stereocenters. The van der Waals surface area contributed by atoms with Crippen LogP contribution in [-0.4, -0.2) is 0 Å². The van der Waals surface area contributed by atoms with E-state index in [0.29, 0.717) is 12.6 Å². The molecular formula is C28H28ClNO. The third-order valence-electron chi connectivity index (χ3n) is 5.64. The summed E-state index contributed by atoms with van der Waals surface area (Å²) >= 11 is 6.34. The molecule has 3 heteroatoms. The van der Waals surface area contributed by atoms with E-state index in [2.05, 4.69) is 79.0 Å². The van der Waals surface area contributed by atoms with Gasteiger partial charge in [-0.3, -0.25) is 0 Å². The number of fused-ring (bicyclic) bond motifs is 1. The van der Waals surface area contributed by atoms with Crippen molar-refractivity contribution < 1.29 is 4.74 Å². The fraction of sp³-hybridized carbons (Fsp3) is 0.214. The van der Waals surface area contributed by atoms with Gasteiger partial charge in [-0.05, 0) is 34.9 Å². The lowest BCUT2D eigenvalue weighted by Crippen LogP contribution is -2.21. The predicted molar refractivity (Wildman–Crippen MR) is 131 cm³/mol. The minimum absolute atomic E-state index is 0.307. The van der Waals surface area contributed by atoms with E-state index in [-0.39, 0.29) is 0 Å². The summed E-state index contributed by atoms with van der Waals surface area (Å²) in [6.07, 6.45) is 2.21. The quantitative estimate of drug-likeness (QED) is 0.294. The van der Waals surface area contributed by atoms with Gasteiger partial charge in [0.2, 0.25) is 0 Å². The van der Waals surface area contributed by atoms with Crippen molar-refractivity contribution in [3.05, 3.63) is 113 Å². The van der Waals surface area contributed by atoms with Gasteiger partial charge in [0.15, 0.2) is 0 Å². The van der Waals surface area contributed by atoms with Crippen molar-refractivity contribution >= 4 is 22.4 Å². The predicted octanol–water partition coefficient (Wildman–Crippen LogP) is 7.70. The molecule has 0 fully saturated rings. The molecule has 158 valence electrons. The Morgan fingerprint density at radius 1 is 0.839 bits per heavy atom. The first kappa shape index (κ1) is 21.4. The number of benzene rings is 4. The Balaban J connectivity index is 1.61. The van der Waals surface area contributed by atoms with Crippen LogP contribution in [-0.2, 0) is 13.2 Å². The normalized spacial score (nSPS) is 12.1. The van der Waals surface area contributed by atoms with Crippen LogP contribution in [0.15, 0.2) is 91.0 Å². The summed E-state index contributed by atoms with van der Waals surface area (Å²) in [5.74, 6) is 0.898. The summed E-state index contributed by atoms with van der Waals surface area (Å²) in [6, 6.07) is 31.5. The molecule has 2 nitrogen and oxygen atoms in total. The average Bonchev–Trinajstić information content (AvgIpc) is 2.82. The lowest BCUT2D eigenvalue weighted by molar-refractivity contribution is 0.302. The molecule has 1 unspecified atom stereocenters. The van der Waals surface area contributed by atoms with Gasteiger partial charge in [0.25, 0.3) is 0 Å². The number of hydrogen-bond acceptors (Lipinski definition) is 2. The molecule has 31 heavy (non-hydrogen) atoms. The smallest absolute Gasteiger partial charge is 0.124 e. The van der Waals surface area contributed by atoms with E-state index in [1.165, 1.54) is 21.9 Å². The van der Waals surface area contributed by atoms with Crippen molar-refractivity contribution in [3.8, 4) is 5.75 Å². The van der Waals surface area contributed by atoms with Crippen LogP contribution in [0, 0.1) is 0 Å². The minimum Gasteiger partial charge on any atom is -0.488 e. The second-order valence-corrected chi connectivity index (χ2v) is 8.18. The van der Waals surface area contributed by atoms with Gasteiger partial charge in [-0.15, -0.1) is 0 Å². The average molecular weight is 430 g/mol. The Morgan fingerprint density at radius 2 is 1.58 bits per heavy atom. The van der Waals surface area contributed by atoms with Gasteiger partial charge < -0.3 is 10.1 Å². The standard InChI is InChI=1S/C28H28ClNO/c1-2-10-27(22-12-4-3-5-13-22)30-19-25-24-15-8-6-11-21(24)17-18-28(25)31-20-23-14-7-9-16-26(23)29/h3-9,11-18,27,30H,2,10,19-20H2,1H3. The third-order valence-corrected chi connectivity index (χ3v) is 6.01. The van der Waals surface area contributed by atoms with Gasteiger partial charge in [-0.25, -0.2) is 0 Å². The Labute approximate surface area is 189 Å². The molecule has 4 aromatic carbocycles. The maximum absolute atomic E-state index is 6.34. The van der Waals surface area contributed by atoms with Gasteiger partial charge in [-0.2, -0.15) is 0 Å². The van der Waals surface area contributed by atoms with E-state index in [9.17, 15) is 0 Å². The zero-order chi connectivity index (χ0) is 21.5.